The number of amides is 1. The van der Waals surface area contributed by atoms with Crippen molar-refractivity contribution in [1.29, 1.82) is 0 Å². The molecule has 3 nitrogen and oxygen atoms in total. The van der Waals surface area contributed by atoms with Gasteiger partial charge in [-0.1, -0.05) is 13.0 Å². The minimum absolute atomic E-state index is 0.0424. The number of halogens is 1. The lowest BCUT2D eigenvalue weighted by atomic mass is 9.91. The Morgan fingerprint density at radius 2 is 2.11 bits per heavy atom. The average Bonchev–Trinajstić information content (AvgIpc) is 2.37. The number of methoxy groups -OCH3 is 1. The summed E-state index contributed by atoms with van der Waals surface area (Å²) in [4.78, 5) is 11.5. The lowest BCUT2D eigenvalue weighted by Crippen LogP contribution is -2.41. The summed E-state index contributed by atoms with van der Waals surface area (Å²) < 4.78 is 5.36. The molecule has 0 radical (unpaired) electrons. The molecule has 0 saturated heterocycles. The van der Waals surface area contributed by atoms with E-state index in [-0.39, 0.29) is 11.8 Å². The van der Waals surface area contributed by atoms with Gasteiger partial charge in [-0.25, -0.2) is 0 Å². The molecule has 4 heteroatoms. The van der Waals surface area contributed by atoms with Gasteiger partial charge in [0.25, 0.3) is 0 Å². The van der Waals surface area contributed by atoms with E-state index in [2.05, 4.69) is 18.3 Å². The molecule has 0 heterocycles. The Kier molecular flexibility index (Phi) is 5.03. The van der Waals surface area contributed by atoms with E-state index in [4.69, 9.17) is 16.3 Å². The van der Waals surface area contributed by atoms with Crippen molar-refractivity contribution < 1.29 is 9.53 Å². The molecular formula is C14H20ClNO2. The SMILES string of the molecule is CCc1ccc(OC)c(C(C)(C)NC(=O)CCl)c1. The van der Waals surface area contributed by atoms with E-state index in [0.717, 1.165) is 17.7 Å². The summed E-state index contributed by atoms with van der Waals surface area (Å²) in [5.74, 6) is 0.539. The van der Waals surface area contributed by atoms with Crippen molar-refractivity contribution in [2.75, 3.05) is 13.0 Å². The minimum Gasteiger partial charge on any atom is -0.496 e. The molecule has 1 N–H and O–H groups in total. The number of hydrogen-bond donors (Lipinski definition) is 1. The first-order valence-corrected chi connectivity index (χ1v) is 6.52. The van der Waals surface area contributed by atoms with Crippen LogP contribution in [-0.4, -0.2) is 18.9 Å². The van der Waals surface area contributed by atoms with E-state index in [9.17, 15) is 4.79 Å². The van der Waals surface area contributed by atoms with Crippen molar-refractivity contribution in [2.24, 2.45) is 0 Å². The summed E-state index contributed by atoms with van der Waals surface area (Å²) in [6.07, 6.45) is 0.941. The van der Waals surface area contributed by atoms with Crippen LogP contribution in [0.1, 0.15) is 31.9 Å². The predicted molar refractivity (Wildman–Crippen MR) is 74.3 cm³/mol. The number of nitrogens with one attached hydrogen (secondary N) is 1. The second-order valence-electron chi connectivity index (χ2n) is 4.69. The third-order valence-electron chi connectivity index (χ3n) is 2.92. The van der Waals surface area contributed by atoms with E-state index in [1.165, 1.54) is 5.56 Å². The number of aryl methyl sites for hydroxylation is 1. The fourth-order valence-corrected chi connectivity index (χ4v) is 1.98. The van der Waals surface area contributed by atoms with Crippen molar-refractivity contribution in [2.45, 2.75) is 32.7 Å². The van der Waals surface area contributed by atoms with Gasteiger partial charge in [0.2, 0.25) is 5.91 Å². The summed E-state index contributed by atoms with van der Waals surface area (Å²) in [6, 6.07) is 6.03. The first-order valence-electron chi connectivity index (χ1n) is 5.99. The van der Waals surface area contributed by atoms with Crippen LogP contribution in [0.5, 0.6) is 5.75 Å². The van der Waals surface area contributed by atoms with Crippen LogP contribution in [0, 0.1) is 0 Å². The molecule has 1 amide bonds. The highest BCUT2D eigenvalue weighted by molar-refractivity contribution is 6.27. The standard InChI is InChI=1S/C14H20ClNO2/c1-5-10-6-7-12(18-4)11(8-10)14(2,3)16-13(17)9-15/h6-8H,5,9H2,1-4H3,(H,16,17). The highest BCUT2D eigenvalue weighted by atomic mass is 35.5. The number of rotatable bonds is 5. The molecule has 0 unspecified atom stereocenters. The summed E-state index contributed by atoms with van der Waals surface area (Å²) >= 11 is 5.53. The van der Waals surface area contributed by atoms with Gasteiger partial charge in [-0.2, -0.15) is 0 Å². The molecule has 0 atom stereocenters. The largest absolute Gasteiger partial charge is 0.496 e. The Labute approximate surface area is 113 Å². The van der Waals surface area contributed by atoms with Gasteiger partial charge >= 0.3 is 0 Å². The van der Waals surface area contributed by atoms with Crippen molar-refractivity contribution >= 4 is 17.5 Å². The van der Waals surface area contributed by atoms with E-state index >= 15 is 0 Å². The molecule has 18 heavy (non-hydrogen) atoms. The van der Waals surface area contributed by atoms with E-state index in [1.54, 1.807) is 7.11 Å². The van der Waals surface area contributed by atoms with Gasteiger partial charge in [-0.3, -0.25) is 4.79 Å². The molecule has 0 aromatic heterocycles. The monoisotopic (exact) mass is 269 g/mol. The molecule has 0 fully saturated rings. The highest BCUT2D eigenvalue weighted by Gasteiger charge is 2.26. The number of carbonyl (C=O) groups excluding carboxylic acids is 1. The topological polar surface area (TPSA) is 38.3 Å². The predicted octanol–water partition coefficient (Wildman–Crippen LogP) is 2.85. The zero-order chi connectivity index (χ0) is 13.8. The molecule has 0 bridgehead atoms. The van der Waals surface area contributed by atoms with Crippen LogP contribution in [0.4, 0.5) is 0 Å². The molecule has 0 spiro atoms. The molecular weight excluding hydrogens is 250 g/mol. The number of benzene rings is 1. The van der Waals surface area contributed by atoms with Gasteiger partial charge in [0.05, 0.1) is 12.6 Å². The number of ether oxygens (including phenoxy) is 1. The maximum Gasteiger partial charge on any atom is 0.235 e. The lowest BCUT2D eigenvalue weighted by Gasteiger charge is -2.28. The van der Waals surface area contributed by atoms with Crippen molar-refractivity contribution in [1.82, 2.24) is 5.32 Å². The van der Waals surface area contributed by atoms with Gasteiger partial charge < -0.3 is 10.1 Å². The minimum atomic E-state index is -0.511. The van der Waals surface area contributed by atoms with Crippen LogP contribution >= 0.6 is 11.6 Å². The quantitative estimate of drug-likeness (QED) is 0.835. The van der Waals surface area contributed by atoms with Crippen molar-refractivity contribution in [3.63, 3.8) is 0 Å². The number of alkyl halides is 1. The van der Waals surface area contributed by atoms with E-state index in [1.807, 2.05) is 26.0 Å². The summed E-state index contributed by atoms with van der Waals surface area (Å²) in [5.41, 5.74) is 1.66. The smallest absolute Gasteiger partial charge is 0.235 e. The maximum atomic E-state index is 11.5. The molecule has 1 rings (SSSR count). The second kappa shape index (κ2) is 6.10. The fraction of sp³-hybridized carbons (Fsp3) is 0.500. The van der Waals surface area contributed by atoms with Crippen LogP contribution in [0.25, 0.3) is 0 Å². The maximum absolute atomic E-state index is 11.5. The van der Waals surface area contributed by atoms with Crippen LogP contribution in [-0.2, 0) is 16.8 Å². The molecule has 0 aliphatic heterocycles. The van der Waals surface area contributed by atoms with Crippen LogP contribution in [0.15, 0.2) is 18.2 Å². The van der Waals surface area contributed by atoms with Gasteiger partial charge in [0, 0.05) is 5.56 Å². The lowest BCUT2D eigenvalue weighted by molar-refractivity contribution is -0.120. The van der Waals surface area contributed by atoms with Gasteiger partial charge in [0.1, 0.15) is 11.6 Å². The normalized spacial score (nSPS) is 11.2. The Morgan fingerprint density at radius 3 is 2.61 bits per heavy atom. The molecule has 0 aliphatic carbocycles. The Bertz CT molecular complexity index is 430. The molecule has 0 aliphatic rings. The van der Waals surface area contributed by atoms with E-state index < -0.39 is 5.54 Å². The molecule has 0 saturated carbocycles. The van der Waals surface area contributed by atoms with Crippen LogP contribution in [0.2, 0.25) is 0 Å². The Morgan fingerprint density at radius 1 is 1.44 bits per heavy atom. The highest BCUT2D eigenvalue weighted by Crippen LogP contribution is 2.30. The molecule has 1 aromatic carbocycles. The number of carbonyl (C=O) groups is 1. The third kappa shape index (κ3) is 3.39. The zero-order valence-corrected chi connectivity index (χ0v) is 12.1. The Balaban J connectivity index is 3.15. The van der Waals surface area contributed by atoms with Crippen LogP contribution < -0.4 is 10.1 Å². The van der Waals surface area contributed by atoms with E-state index in [0.29, 0.717) is 0 Å². The summed E-state index contributed by atoms with van der Waals surface area (Å²) in [5, 5.41) is 2.90. The van der Waals surface area contributed by atoms with Gasteiger partial charge in [0.15, 0.2) is 0 Å². The first-order chi connectivity index (χ1) is 8.44. The van der Waals surface area contributed by atoms with Gasteiger partial charge in [-0.15, -0.1) is 11.6 Å². The average molecular weight is 270 g/mol. The first kappa shape index (κ1) is 14.8. The van der Waals surface area contributed by atoms with Crippen molar-refractivity contribution in [3.8, 4) is 5.75 Å². The molecule has 100 valence electrons. The number of hydrogen-bond acceptors (Lipinski definition) is 2. The summed E-state index contributed by atoms with van der Waals surface area (Å²) in [6.45, 7) is 5.97. The Hall–Kier alpha value is -1.22. The van der Waals surface area contributed by atoms with Crippen molar-refractivity contribution in [3.05, 3.63) is 29.3 Å². The van der Waals surface area contributed by atoms with Gasteiger partial charge in [-0.05, 0) is 38.0 Å². The molecule has 1 aromatic rings. The third-order valence-corrected chi connectivity index (χ3v) is 3.16. The summed E-state index contributed by atoms with van der Waals surface area (Å²) in [7, 11) is 1.63. The fourth-order valence-electron chi connectivity index (χ4n) is 1.91. The van der Waals surface area contributed by atoms with Crippen LogP contribution in [0.3, 0.4) is 0 Å². The zero-order valence-electron chi connectivity index (χ0n) is 11.3. The second-order valence-corrected chi connectivity index (χ2v) is 4.96.